The van der Waals surface area contributed by atoms with Gasteiger partial charge in [-0.05, 0) is 30.2 Å². The van der Waals surface area contributed by atoms with Crippen molar-refractivity contribution in [3.63, 3.8) is 0 Å². The lowest BCUT2D eigenvalue weighted by Crippen LogP contribution is -2.47. The number of ether oxygens (including phenoxy) is 2. The summed E-state index contributed by atoms with van der Waals surface area (Å²) in [4.78, 5) is 48.5. The lowest BCUT2D eigenvalue weighted by Gasteiger charge is -2.29. The largest absolute Gasteiger partial charge is 0.463 e. The van der Waals surface area contributed by atoms with E-state index in [-0.39, 0.29) is 30.4 Å². The third-order valence-corrected chi connectivity index (χ3v) is 4.86. The maximum atomic E-state index is 12.7. The molecule has 1 aliphatic rings. The topological polar surface area (TPSA) is 123 Å². The zero-order chi connectivity index (χ0) is 23.8. The molecule has 0 spiro atoms. The molecule has 2 aromatic carbocycles. The first kappa shape index (κ1) is 23.5. The number of esters is 2. The van der Waals surface area contributed by atoms with E-state index < -0.39 is 24.0 Å². The lowest BCUT2D eigenvalue weighted by atomic mass is 9.95. The summed E-state index contributed by atoms with van der Waals surface area (Å²) in [6.45, 7) is 3.28. The molecule has 0 aromatic heterocycles. The minimum Gasteiger partial charge on any atom is -0.463 e. The number of urea groups is 1. The van der Waals surface area contributed by atoms with Gasteiger partial charge in [-0.3, -0.25) is 4.79 Å². The molecule has 33 heavy (non-hydrogen) atoms. The molecule has 0 fully saturated rings. The van der Waals surface area contributed by atoms with Gasteiger partial charge >= 0.3 is 18.0 Å². The van der Waals surface area contributed by atoms with Crippen molar-refractivity contribution in [2.24, 2.45) is 0 Å². The summed E-state index contributed by atoms with van der Waals surface area (Å²) in [5.41, 5.74) is 2.13. The van der Waals surface area contributed by atoms with Crippen LogP contribution >= 0.6 is 0 Å². The summed E-state index contributed by atoms with van der Waals surface area (Å²) in [6, 6.07) is 14.3. The van der Waals surface area contributed by atoms with Gasteiger partial charge in [0.05, 0.1) is 29.5 Å². The average Bonchev–Trinajstić information content (AvgIpc) is 2.81. The molecule has 0 saturated carbocycles. The van der Waals surface area contributed by atoms with E-state index in [0.29, 0.717) is 17.7 Å². The van der Waals surface area contributed by atoms with E-state index in [1.165, 1.54) is 6.92 Å². The van der Waals surface area contributed by atoms with E-state index in [2.05, 4.69) is 16.0 Å². The van der Waals surface area contributed by atoms with Crippen LogP contribution in [0, 0.1) is 0 Å². The molecule has 3 N–H and O–H groups in total. The molecule has 3 amide bonds. The normalized spacial score (nSPS) is 15.2. The first-order valence-corrected chi connectivity index (χ1v) is 10.4. The zero-order valence-corrected chi connectivity index (χ0v) is 18.3. The summed E-state index contributed by atoms with van der Waals surface area (Å²) in [6.07, 6.45) is 0. The Morgan fingerprint density at radius 1 is 0.970 bits per heavy atom. The van der Waals surface area contributed by atoms with E-state index in [4.69, 9.17) is 9.47 Å². The Morgan fingerprint density at radius 3 is 2.30 bits per heavy atom. The smallest absolute Gasteiger partial charge is 0.338 e. The third-order valence-electron chi connectivity index (χ3n) is 4.86. The maximum absolute atomic E-state index is 12.7. The molecule has 0 aliphatic carbocycles. The third kappa shape index (κ3) is 6.19. The van der Waals surface area contributed by atoms with Crippen molar-refractivity contribution in [3.05, 3.63) is 82.6 Å². The van der Waals surface area contributed by atoms with Gasteiger partial charge in [-0.2, -0.15) is 0 Å². The quantitative estimate of drug-likeness (QED) is 0.530. The summed E-state index contributed by atoms with van der Waals surface area (Å²) < 4.78 is 10.6. The fourth-order valence-corrected chi connectivity index (χ4v) is 3.28. The number of nitrogens with one attached hydrogen (secondary N) is 3. The Morgan fingerprint density at radius 2 is 1.67 bits per heavy atom. The molecule has 0 radical (unpaired) electrons. The molecule has 172 valence electrons. The van der Waals surface area contributed by atoms with Crippen molar-refractivity contribution >= 4 is 23.9 Å². The van der Waals surface area contributed by atoms with Gasteiger partial charge in [0.1, 0.15) is 6.61 Å². The van der Waals surface area contributed by atoms with Gasteiger partial charge in [0.15, 0.2) is 0 Å². The van der Waals surface area contributed by atoms with Crippen LogP contribution < -0.4 is 16.0 Å². The SMILES string of the molecule is CCOC(=O)C1=C(COC(=O)c2ccc(CNC(C)=O)cc2)NC(=O)NC1c1ccccc1. The van der Waals surface area contributed by atoms with E-state index in [0.717, 1.165) is 5.56 Å². The molecule has 1 atom stereocenters. The molecule has 2 aromatic rings. The van der Waals surface area contributed by atoms with Crippen molar-refractivity contribution < 1.29 is 28.7 Å². The van der Waals surface area contributed by atoms with Crippen LogP contribution in [0.5, 0.6) is 0 Å². The van der Waals surface area contributed by atoms with Gasteiger partial charge in [-0.1, -0.05) is 42.5 Å². The van der Waals surface area contributed by atoms with Crippen LogP contribution in [0.25, 0.3) is 0 Å². The van der Waals surface area contributed by atoms with Crippen molar-refractivity contribution in [2.45, 2.75) is 26.4 Å². The van der Waals surface area contributed by atoms with Crippen molar-refractivity contribution in [2.75, 3.05) is 13.2 Å². The Labute approximate surface area is 191 Å². The summed E-state index contributed by atoms with van der Waals surface area (Å²) in [7, 11) is 0. The van der Waals surface area contributed by atoms with E-state index >= 15 is 0 Å². The Bertz CT molecular complexity index is 1060. The first-order chi connectivity index (χ1) is 15.9. The lowest BCUT2D eigenvalue weighted by molar-refractivity contribution is -0.139. The van der Waals surface area contributed by atoms with Crippen molar-refractivity contribution in [3.8, 4) is 0 Å². The summed E-state index contributed by atoms with van der Waals surface area (Å²) in [5.74, 6) is -1.39. The molecule has 1 heterocycles. The van der Waals surface area contributed by atoms with Crippen molar-refractivity contribution in [1.82, 2.24) is 16.0 Å². The van der Waals surface area contributed by atoms with Gasteiger partial charge in [0, 0.05) is 13.5 Å². The Kier molecular flexibility index (Phi) is 7.80. The predicted molar refractivity (Wildman–Crippen MR) is 119 cm³/mol. The fraction of sp³-hybridized carbons (Fsp3) is 0.250. The molecule has 1 aliphatic heterocycles. The monoisotopic (exact) mass is 451 g/mol. The molecular weight excluding hydrogens is 426 g/mol. The van der Waals surface area contributed by atoms with Crippen LogP contribution in [0.4, 0.5) is 4.79 Å². The van der Waals surface area contributed by atoms with E-state index in [1.807, 2.05) is 6.07 Å². The van der Waals surface area contributed by atoms with Gasteiger partial charge in [0.2, 0.25) is 5.91 Å². The Balaban J connectivity index is 1.79. The molecule has 0 bridgehead atoms. The number of amides is 3. The molecule has 1 unspecified atom stereocenters. The number of rotatable bonds is 8. The van der Waals surface area contributed by atoms with Crippen LogP contribution in [-0.4, -0.2) is 37.1 Å². The van der Waals surface area contributed by atoms with Gasteiger partial charge < -0.3 is 25.4 Å². The highest BCUT2D eigenvalue weighted by molar-refractivity contribution is 5.95. The minimum absolute atomic E-state index is 0.149. The number of benzene rings is 2. The first-order valence-electron chi connectivity index (χ1n) is 10.4. The van der Waals surface area contributed by atoms with Crippen molar-refractivity contribution in [1.29, 1.82) is 0 Å². The molecule has 3 rings (SSSR count). The van der Waals surface area contributed by atoms with Gasteiger partial charge in [0.25, 0.3) is 0 Å². The molecule has 9 heteroatoms. The second-order valence-corrected chi connectivity index (χ2v) is 7.24. The molecule has 0 saturated heterocycles. The van der Waals surface area contributed by atoms with Gasteiger partial charge in [-0.15, -0.1) is 0 Å². The predicted octanol–water partition coefficient (Wildman–Crippen LogP) is 2.35. The van der Waals surface area contributed by atoms with Crippen LogP contribution in [0.2, 0.25) is 0 Å². The number of hydrogen-bond donors (Lipinski definition) is 3. The average molecular weight is 451 g/mol. The van der Waals surface area contributed by atoms with Crippen LogP contribution in [-0.2, 0) is 25.6 Å². The number of carbonyl (C=O) groups is 4. The second-order valence-electron chi connectivity index (χ2n) is 7.24. The maximum Gasteiger partial charge on any atom is 0.338 e. The highest BCUT2D eigenvalue weighted by Crippen LogP contribution is 2.28. The fourth-order valence-electron chi connectivity index (χ4n) is 3.28. The number of hydrogen-bond acceptors (Lipinski definition) is 6. The minimum atomic E-state index is -0.749. The van der Waals surface area contributed by atoms with Crippen LogP contribution in [0.1, 0.15) is 41.4 Å². The highest BCUT2D eigenvalue weighted by Gasteiger charge is 2.34. The zero-order valence-electron chi connectivity index (χ0n) is 18.3. The van der Waals surface area contributed by atoms with Crippen LogP contribution in [0.3, 0.4) is 0 Å². The van der Waals surface area contributed by atoms with E-state index in [9.17, 15) is 19.2 Å². The van der Waals surface area contributed by atoms with E-state index in [1.54, 1.807) is 55.5 Å². The molecular formula is C24H25N3O6. The summed E-state index contributed by atoms with van der Waals surface area (Å²) >= 11 is 0. The Hall–Kier alpha value is -4.14. The number of carbonyl (C=O) groups excluding carboxylic acids is 4. The standard InChI is InChI=1S/C24H25N3O6/c1-3-32-23(30)20-19(26-24(31)27-21(20)17-7-5-4-6-8-17)14-33-22(29)18-11-9-16(10-12-18)13-25-15(2)28/h4-12,21H,3,13-14H2,1-2H3,(H,25,28)(H2,26,27,31). The molecule has 9 nitrogen and oxygen atoms in total. The highest BCUT2D eigenvalue weighted by atomic mass is 16.5. The second kappa shape index (κ2) is 10.9. The summed E-state index contributed by atoms with van der Waals surface area (Å²) in [5, 5.41) is 7.95. The van der Waals surface area contributed by atoms with Gasteiger partial charge in [-0.25, -0.2) is 14.4 Å². The van der Waals surface area contributed by atoms with Crippen LogP contribution in [0.15, 0.2) is 65.9 Å².